The Kier molecular flexibility index (Phi) is 11.7. The molecule has 19 heavy (non-hydrogen) atoms. The highest BCUT2D eigenvalue weighted by Crippen LogP contribution is 2.16. The zero-order chi connectivity index (χ0) is 11.4. The minimum Gasteiger partial charge on any atom is -0.475 e. The number of pyridine rings is 1. The molecule has 1 fully saturated rings. The zero-order valence-corrected chi connectivity index (χ0v) is 13.5. The van der Waals surface area contributed by atoms with Gasteiger partial charge in [-0.05, 0) is 19.4 Å². The van der Waals surface area contributed by atoms with Gasteiger partial charge in [-0.3, -0.25) is 0 Å². The van der Waals surface area contributed by atoms with Crippen molar-refractivity contribution in [2.45, 2.75) is 26.0 Å². The molecule has 0 radical (unpaired) electrons. The second-order valence-electron chi connectivity index (χ2n) is 4.31. The van der Waals surface area contributed by atoms with Crippen LogP contribution in [0.1, 0.15) is 25.5 Å². The molecule has 112 valence electrons. The van der Waals surface area contributed by atoms with Gasteiger partial charge in [0.2, 0.25) is 5.88 Å². The van der Waals surface area contributed by atoms with Crippen molar-refractivity contribution in [2.24, 2.45) is 0 Å². The van der Waals surface area contributed by atoms with Crippen LogP contribution in [0.5, 0.6) is 5.88 Å². The van der Waals surface area contributed by atoms with Gasteiger partial charge < -0.3 is 15.4 Å². The van der Waals surface area contributed by atoms with Crippen molar-refractivity contribution in [1.82, 2.24) is 15.6 Å². The lowest BCUT2D eigenvalue weighted by molar-refractivity contribution is 0.232. The lowest BCUT2D eigenvalue weighted by Crippen LogP contribution is -2.42. The van der Waals surface area contributed by atoms with Crippen LogP contribution in [0.2, 0.25) is 0 Å². The molecule has 0 bridgehead atoms. The third-order valence-electron chi connectivity index (χ3n) is 2.56. The SMILES string of the molecule is CC(C)Oc1ccc(C2CNCCN2)cn1.Cl.Cl.Cl. The fourth-order valence-electron chi connectivity index (χ4n) is 1.80. The quantitative estimate of drug-likeness (QED) is 0.893. The molecule has 1 atom stereocenters. The molecule has 1 aliphatic rings. The van der Waals surface area contributed by atoms with Gasteiger partial charge in [-0.25, -0.2) is 4.98 Å². The van der Waals surface area contributed by atoms with Gasteiger partial charge in [0.1, 0.15) is 0 Å². The molecule has 0 aliphatic carbocycles. The highest BCUT2D eigenvalue weighted by molar-refractivity contribution is 5.86. The average molecular weight is 331 g/mol. The molecule has 0 aromatic carbocycles. The molecular weight excluding hydrogens is 309 g/mol. The van der Waals surface area contributed by atoms with Crippen LogP contribution in [-0.4, -0.2) is 30.7 Å². The predicted molar refractivity (Wildman–Crippen MR) is 85.4 cm³/mol. The van der Waals surface area contributed by atoms with E-state index < -0.39 is 0 Å². The molecule has 2 rings (SSSR count). The lowest BCUT2D eigenvalue weighted by Gasteiger charge is -2.24. The third kappa shape index (κ3) is 6.63. The molecule has 1 saturated heterocycles. The number of ether oxygens (including phenoxy) is 1. The van der Waals surface area contributed by atoms with Crippen LogP contribution in [0.25, 0.3) is 0 Å². The van der Waals surface area contributed by atoms with Gasteiger partial charge in [-0.15, -0.1) is 37.2 Å². The molecule has 1 aliphatic heterocycles. The summed E-state index contributed by atoms with van der Waals surface area (Å²) in [5.74, 6) is 0.697. The van der Waals surface area contributed by atoms with E-state index in [9.17, 15) is 0 Å². The van der Waals surface area contributed by atoms with Crippen LogP contribution < -0.4 is 15.4 Å². The van der Waals surface area contributed by atoms with Crippen molar-refractivity contribution in [3.63, 3.8) is 0 Å². The summed E-state index contributed by atoms with van der Waals surface area (Å²) in [6.07, 6.45) is 2.07. The summed E-state index contributed by atoms with van der Waals surface area (Å²) < 4.78 is 5.51. The Morgan fingerprint density at radius 3 is 2.42 bits per heavy atom. The highest BCUT2D eigenvalue weighted by atomic mass is 35.5. The number of aromatic nitrogens is 1. The molecule has 0 spiro atoms. The van der Waals surface area contributed by atoms with E-state index in [2.05, 4.69) is 21.7 Å². The molecule has 0 amide bonds. The normalized spacial score (nSPS) is 17.7. The van der Waals surface area contributed by atoms with Gasteiger partial charge in [-0.1, -0.05) is 6.07 Å². The van der Waals surface area contributed by atoms with E-state index in [1.165, 1.54) is 5.56 Å². The van der Waals surface area contributed by atoms with Crippen molar-refractivity contribution < 1.29 is 4.74 Å². The van der Waals surface area contributed by atoms with Crippen molar-refractivity contribution >= 4 is 37.2 Å². The number of hydrogen-bond donors (Lipinski definition) is 2. The van der Waals surface area contributed by atoms with Gasteiger partial charge in [0.15, 0.2) is 0 Å². The first kappa shape index (κ1) is 21.0. The maximum Gasteiger partial charge on any atom is 0.213 e. The molecule has 0 saturated carbocycles. The van der Waals surface area contributed by atoms with Gasteiger partial charge >= 0.3 is 0 Å². The standard InChI is InChI=1S/C12H19N3O.3ClH/c1-9(2)16-12-4-3-10(7-15-12)11-8-13-5-6-14-11;;;/h3-4,7,9,11,13-14H,5-6,8H2,1-2H3;3*1H. The van der Waals surface area contributed by atoms with Crippen LogP contribution in [0.15, 0.2) is 18.3 Å². The number of nitrogens with zero attached hydrogens (tertiary/aromatic N) is 1. The second-order valence-corrected chi connectivity index (χ2v) is 4.31. The van der Waals surface area contributed by atoms with E-state index in [0.717, 1.165) is 19.6 Å². The summed E-state index contributed by atoms with van der Waals surface area (Å²) in [6.45, 7) is 7.02. The second kappa shape index (κ2) is 10.5. The first-order valence-electron chi connectivity index (χ1n) is 5.82. The number of halogens is 3. The molecule has 1 unspecified atom stereocenters. The Morgan fingerprint density at radius 2 is 1.95 bits per heavy atom. The van der Waals surface area contributed by atoms with E-state index in [4.69, 9.17) is 4.74 Å². The molecular formula is C12H22Cl3N3O. The fourth-order valence-corrected chi connectivity index (χ4v) is 1.80. The van der Waals surface area contributed by atoms with Gasteiger partial charge in [-0.2, -0.15) is 0 Å². The smallest absolute Gasteiger partial charge is 0.213 e. The van der Waals surface area contributed by atoms with Crippen LogP contribution in [0, 0.1) is 0 Å². The largest absolute Gasteiger partial charge is 0.475 e. The topological polar surface area (TPSA) is 46.2 Å². The Hall–Kier alpha value is -0.260. The van der Waals surface area contributed by atoms with E-state index in [1.54, 1.807) is 0 Å². The molecule has 1 aromatic rings. The molecule has 7 heteroatoms. The van der Waals surface area contributed by atoms with Crippen LogP contribution in [0.4, 0.5) is 0 Å². The Labute approximate surface area is 133 Å². The fraction of sp³-hybridized carbons (Fsp3) is 0.583. The molecule has 4 nitrogen and oxygen atoms in total. The van der Waals surface area contributed by atoms with Crippen molar-refractivity contribution in [2.75, 3.05) is 19.6 Å². The zero-order valence-electron chi connectivity index (χ0n) is 11.1. The van der Waals surface area contributed by atoms with Crippen molar-refractivity contribution in [1.29, 1.82) is 0 Å². The summed E-state index contributed by atoms with van der Waals surface area (Å²) in [7, 11) is 0. The average Bonchev–Trinajstić information content (AvgIpc) is 2.30. The molecule has 1 aromatic heterocycles. The van der Waals surface area contributed by atoms with Gasteiger partial charge in [0.05, 0.1) is 6.10 Å². The number of rotatable bonds is 3. The third-order valence-corrected chi connectivity index (χ3v) is 2.56. The van der Waals surface area contributed by atoms with Crippen molar-refractivity contribution in [3.05, 3.63) is 23.9 Å². The summed E-state index contributed by atoms with van der Waals surface area (Å²) in [4.78, 5) is 4.30. The monoisotopic (exact) mass is 329 g/mol. The lowest BCUT2D eigenvalue weighted by atomic mass is 10.1. The van der Waals surface area contributed by atoms with E-state index >= 15 is 0 Å². The minimum atomic E-state index is 0. The van der Waals surface area contributed by atoms with Crippen molar-refractivity contribution in [3.8, 4) is 5.88 Å². The first-order valence-corrected chi connectivity index (χ1v) is 5.82. The summed E-state index contributed by atoms with van der Waals surface area (Å²) in [5, 5.41) is 6.81. The Morgan fingerprint density at radius 1 is 1.21 bits per heavy atom. The summed E-state index contributed by atoms with van der Waals surface area (Å²) in [6, 6.07) is 4.38. The minimum absolute atomic E-state index is 0. The Balaban J connectivity index is 0. The van der Waals surface area contributed by atoms with E-state index in [-0.39, 0.29) is 43.3 Å². The highest BCUT2D eigenvalue weighted by Gasteiger charge is 2.14. The summed E-state index contributed by atoms with van der Waals surface area (Å²) in [5.41, 5.74) is 1.21. The maximum atomic E-state index is 5.51. The molecule has 2 heterocycles. The van der Waals surface area contributed by atoms with Gasteiger partial charge in [0.25, 0.3) is 0 Å². The van der Waals surface area contributed by atoms with Crippen LogP contribution in [0.3, 0.4) is 0 Å². The van der Waals surface area contributed by atoms with Gasteiger partial charge in [0, 0.05) is 37.9 Å². The summed E-state index contributed by atoms with van der Waals surface area (Å²) >= 11 is 0. The Bertz CT molecular complexity index is 329. The van der Waals surface area contributed by atoms with E-state index in [0.29, 0.717) is 11.9 Å². The van der Waals surface area contributed by atoms with Crippen LogP contribution >= 0.6 is 37.2 Å². The van der Waals surface area contributed by atoms with Crippen LogP contribution in [-0.2, 0) is 0 Å². The molecule has 2 N–H and O–H groups in total. The van der Waals surface area contributed by atoms with E-state index in [1.807, 2.05) is 26.1 Å². The first-order chi connectivity index (χ1) is 7.75. The number of nitrogens with one attached hydrogen (secondary N) is 2. The number of piperazine rings is 1. The maximum absolute atomic E-state index is 5.51. The number of hydrogen-bond acceptors (Lipinski definition) is 4. The predicted octanol–water partition coefficient (Wildman–Crippen LogP) is 2.37.